The summed E-state index contributed by atoms with van der Waals surface area (Å²) < 4.78 is 5.42. The minimum Gasteiger partial charge on any atom is -0.380 e. The van der Waals surface area contributed by atoms with Gasteiger partial charge in [-0.3, -0.25) is 4.79 Å². The van der Waals surface area contributed by atoms with Crippen LogP contribution in [0.3, 0.4) is 0 Å². The lowest BCUT2D eigenvalue weighted by Crippen LogP contribution is -2.36. The minimum atomic E-state index is -0.520. The second-order valence-electron chi connectivity index (χ2n) is 8.17. The number of nitrogens with zero attached hydrogens (tertiary/aromatic N) is 3. The minimum absolute atomic E-state index is 0.354. The quantitative estimate of drug-likeness (QED) is 0.488. The lowest BCUT2D eigenvalue weighted by Gasteiger charge is -2.28. The summed E-state index contributed by atoms with van der Waals surface area (Å²) >= 11 is 0. The lowest BCUT2D eigenvalue weighted by molar-refractivity contribution is 0.100. The number of aromatic nitrogens is 1. The van der Waals surface area contributed by atoms with Crippen LogP contribution >= 0.6 is 0 Å². The van der Waals surface area contributed by atoms with E-state index in [1.165, 1.54) is 11.9 Å². The van der Waals surface area contributed by atoms with Crippen molar-refractivity contribution in [3.05, 3.63) is 71.9 Å². The highest BCUT2D eigenvalue weighted by molar-refractivity contribution is 5.98. The Balaban J connectivity index is 1.47. The predicted molar refractivity (Wildman–Crippen MR) is 134 cm³/mol. The molecule has 4 rings (SSSR count). The van der Waals surface area contributed by atoms with E-state index in [-0.39, 0.29) is 0 Å². The summed E-state index contributed by atoms with van der Waals surface area (Å²) in [6.45, 7) is 3.86. The summed E-state index contributed by atoms with van der Waals surface area (Å²) in [5.41, 5.74) is 10.9. The molecule has 1 saturated heterocycles. The number of nitrogens with two attached hydrogens (primary N) is 1. The summed E-state index contributed by atoms with van der Waals surface area (Å²) in [6, 6.07) is 18.2. The Morgan fingerprint density at radius 1 is 1.12 bits per heavy atom. The first-order valence-electron chi connectivity index (χ1n) is 11.0. The highest BCUT2D eigenvalue weighted by Gasteiger charge is 2.13. The molecule has 172 valence electrons. The number of amides is 1. The van der Waals surface area contributed by atoms with Crippen LogP contribution < -0.4 is 26.2 Å². The Bertz CT molecular complexity index is 1090. The van der Waals surface area contributed by atoms with Crippen molar-refractivity contribution < 1.29 is 9.53 Å². The molecule has 0 saturated carbocycles. The topological polar surface area (TPSA) is 95.8 Å². The Kier molecular flexibility index (Phi) is 6.95. The molecule has 1 aliphatic rings. The second kappa shape index (κ2) is 10.2. The smallest absolute Gasteiger partial charge is 0.252 e. The van der Waals surface area contributed by atoms with Crippen LogP contribution in [-0.2, 0) is 11.3 Å². The van der Waals surface area contributed by atoms with Gasteiger partial charge < -0.3 is 30.9 Å². The number of hydrogen-bond donors (Lipinski definition) is 3. The fourth-order valence-corrected chi connectivity index (χ4v) is 3.73. The van der Waals surface area contributed by atoms with Crippen LogP contribution in [0.4, 0.5) is 28.6 Å². The van der Waals surface area contributed by atoms with E-state index in [1.807, 2.05) is 44.4 Å². The highest BCUT2D eigenvalue weighted by atomic mass is 16.5. The summed E-state index contributed by atoms with van der Waals surface area (Å²) in [5.74, 6) is 0.108. The number of pyridine rings is 1. The monoisotopic (exact) mass is 446 g/mol. The molecule has 0 unspecified atom stereocenters. The van der Waals surface area contributed by atoms with Crippen molar-refractivity contribution in [2.24, 2.45) is 5.73 Å². The number of carbonyl (C=O) groups is 1. The maximum Gasteiger partial charge on any atom is 0.252 e. The Morgan fingerprint density at radius 3 is 2.58 bits per heavy atom. The Labute approximate surface area is 194 Å². The van der Waals surface area contributed by atoms with Crippen LogP contribution in [0.25, 0.3) is 0 Å². The van der Waals surface area contributed by atoms with E-state index in [1.54, 1.807) is 0 Å². The molecule has 0 radical (unpaired) electrons. The fraction of sp³-hybridized carbons (Fsp3) is 0.280. The van der Waals surface area contributed by atoms with Crippen molar-refractivity contribution in [2.45, 2.75) is 6.54 Å². The van der Waals surface area contributed by atoms with E-state index in [9.17, 15) is 4.79 Å². The molecule has 1 aromatic heterocycles. The van der Waals surface area contributed by atoms with Gasteiger partial charge in [0, 0.05) is 63.1 Å². The predicted octanol–water partition coefficient (Wildman–Crippen LogP) is 3.44. The van der Waals surface area contributed by atoms with E-state index >= 15 is 0 Å². The van der Waals surface area contributed by atoms with Crippen molar-refractivity contribution >= 4 is 34.5 Å². The number of hydrogen-bond acceptors (Lipinski definition) is 7. The number of ether oxygens (including phenoxy) is 1. The third-order valence-corrected chi connectivity index (χ3v) is 5.60. The van der Waals surface area contributed by atoms with Crippen LogP contribution in [0.1, 0.15) is 15.9 Å². The van der Waals surface area contributed by atoms with E-state index < -0.39 is 5.91 Å². The van der Waals surface area contributed by atoms with Crippen molar-refractivity contribution in [2.75, 3.05) is 60.8 Å². The summed E-state index contributed by atoms with van der Waals surface area (Å²) in [4.78, 5) is 20.7. The molecule has 2 aromatic carbocycles. The number of carbonyl (C=O) groups excluding carboxylic acids is 1. The molecule has 8 nitrogen and oxygen atoms in total. The standard InChI is InChI=1S/C25H30N6O2/c1-30(2)21-5-3-4-18(14-21)16-27-23-15-24(28-17-22(23)25(26)32)29-19-6-8-20(9-7-19)31-10-12-33-13-11-31/h3-9,14-15,17H,10-13,16H2,1-2H3,(H2,26,32)(H2,27,28,29). The summed E-state index contributed by atoms with van der Waals surface area (Å²) in [5, 5.41) is 6.65. The summed E-state index contributed by atoms with van der Waals surface area (Å²) in [7, 11) is 4.01. The molecule has 1 fully saturated rings. The van der Waals surface area contributed by atoms with E-state index in [0.717, 1.165) is 43.2 Å². The van der Waals surface area contributed by atoms with Gasteiger partial charge in [0.25, 0.3) is 5.91 Å². The molecule has 2 heterocycles. The molecular formula is C25H30N6O2. The lowest BCUT2D eigenvalue weighted by atomic mass is 10.1. The van der Waals surface area contributed by atoms with E-state index in [0.29, 0.717) is 23.6 Å². The molecule has 3 aromatic rings. The third kappa shape index (κ3) is 5.72. The third-order valence-electron chi connectivity index (χ3n) is 5.60. The van der Waals surface area contributed by atoms with Gasteiger partial charge in [0.2, 0.25) is 0 Å². The van der Waals surface area contributed by atoms with Gasteiger partial charge in [-0.05, 0) is 42.0 Å². The molecule has 0 aliphatic carbocycles. The number of rotatable bonds is 8. The second-order valence-corrected chi connectivity index (χ2v) is 8.17. The zero-order valence-corrected chi connectivity index (χ0v) is 19.0. The molecule has 0 bridgehead atoms. The van der Waals surface area contributed by atoms with Gasteiger partial charge >= 0.3 is 0 Å². The van der Waals surface area contributed by atoms with Crippen molar-refractivity contribution in [3.63, 3.8) is 0 Å². The van der Waals surface area contributed by atoms with Gasteiger partial charge in [0.05, 0.1) is 24.5 Å². The van der Waals surface area contributed by atoms with E-state index in [2.05, 4.69) is 49.7 Å². The molecule has 1 amide bonds. The van der Waals surface area contributed by atoms with Gasteiger partial charge in [-0.2, -0.15) is 0 Å². The van der Waals surface area contributed by atoms with Gasteiger partial charge in [-0.15, -0.1) is 0 Å². The first-order chi connectivity index (χ1) is 16.0. The Morgan fingerprint density at radius 2 is 1.88 bits per heavy atom. The zero-order chi connectivity index (χ0) is 23.2. The largest absolute Gasteiger partial charge is 0.380 e. The van der Waals surface area contributed by atoms with Gasteiger partial charge in [-0.25, -0.2) is 4.98 Å². The SMILES string of the molecule is CN(C)c1cccc(CNc2cc(Nc3ccc(N4CCOCC4)cc3)ncc2C(N)=O)c1. The van der Waals surface area contributed by atoms with Crippen LogP contribution in [0.2, 0.25) is 0 Å². The number of morpholine rings is 1. The molecule has 0 spiro atoms. The summed E-state index contributed by atoms with van der Waals surface area (Å²) in [6.07, 6.45) is 1.51. The van der Waals surface area contributed by atoms with Gasteiger partial charge in [0.15, 0.2) is 0 Å². The maximum atomic E-state index is 11.9. The number of nitrogens with one attached hydrogen (secondary N) is 2. The van der Waals surface area contributed by atoms with Crippen LogP contribution in [0, 0.1) is 0 Å². The highest BCUT2D eigenvalue weighted by Crippen LogP contribution is 2.25. The zero-order valence-electron chi connectivity index (χ0n) is 19.0. The molecule has 1 aliphatic heterocycles. The van der Waals surface area contributed by atoms with Crippen LogP contribution in [0.15, 0.2) is 60.8 Å². The van der Waals surface area contributed by atoms with Crippen molar-refractivity contribution in [1.82, 2.24) is 4.98 Å². The number of anilines is 5. The molecule has 8 heteroatoms. The average molecular weight is 447 g/mol. The number of benzene rings is 2. The molecule has 4 N–H and O–H groups in total. The average Bonchev–Trinajstić information content (AvgIpc) is 2.84. The first kappa shape index (κ1) is 22.4. The normalized spacial score (nSPS) is 13.5. The van der Waals surface area contributed by atoms with Gasteiger partial charge in [-0.1, -0.05) is 12.1 Å². The number of primary amides is 1. The Hall–Kier alpha value is -3.78. The molecule has 0 atom stereocenters. The van der Waals surface area contributed by atoms with Crippen molar-refractivity contribution in [1.29, 1.82) is 0 Å². The molecular weight excluding hydrogens is 416 g/mol. The van der Waals surface area contributed by atoms with Crippen molar-refractivity contribution in [3.8, 4) is 0 Å². The fourth-order valence-electron chi connectivity index (χ4n) is 3.73. The van der Waals surface area contributed by atoms with Gasteiger partial charge in [0.1, 0.15) is 5.82 Å². The first-order valence-corrected chi connectivity index (χ1v) is 11.0. The molecule has 33 heavy (non-hydrogen) atoms. The van der Waals surface area contributed by atoms with Crippen LogP contribution in [-0.4, -0.2) is 51.3 Å². The van der Waals surface area contributed by atoms with E-state index in [4.69, 9.17) is 10.5 Å². The van der Waals surface area contributed by atoms with Crippen LogP contribution in [0.5, 0.6) is 0 Å². The maximum absolute atomic E-state index is 11.9.